The smallest absolute Gasteiger partial charge is 0.194 e. The maximum Gasteiger partial charge on any atom is 0.194 e. The van der Waals surface area contributed by atoms with Gasteiger partial charge in [0.05, 0.1) is 11.7 Å². The molecule has 0 radical (unpaired) electrons. The van der Waals surface area contributed by atoms with Crippen molar-refractivity contribution in [2.45, 2.75) is 12.6 Å². The SMILES string of the molecule is CC(O)(c1ccc(F)c(F)c1F)n1ncc2ncccc21. The Morgan fingerprint density at radius 2 is 1.90 bits per heavy atom. The summed E-state index contributed by atoms with van der Waals surface area (Å²) in [4.78, 5) is 4.04. The van der Waals surface area contributed by atoms with Crippen molar-refractivity contribution in [1.82, 2.24) is 14.8 Å². The number of nitrogens with zero attached hydrogens (tertiary/aromatic N) is 3. The number of aromatic nitrogens is 3. The molecule has 1 atom stereocenters. The highest BCUT2D eigenvalue weighted by atomic mass is 19.2. The number of pyridine rings is 1. The third-order valence-corrected chi connectivity index (χ3v) is 3.30. The quantitative estimate of drug-likeness (QED) is 0.739. The summed E-state index contributed by atoms with van der Waals surface area (Å²) in [6.07, 6.45) is 2.93. The minimum Gasteiger partial charge on any atom is -0.365 e. The molecule has 21 heavy (non-hydrogen) atoms. The van der Waals surface area contributed by atoms with Crippen LogP contribution >= 0.6 is 0 Å². The van der Waals surface area contributed by atoms with E-state index in [1.165, 1.54) is 13.1 Å². The van der Waals surface area contributed by atoms with Crippen molar-refractivity contribution in [2.24, 2.45) is 0 Å². The lowest BCUT2D eigenvalue weighted by atomic mass is 10.0. The third-order valence-electron chi connectivity index (χ3n) is 3.30. The fourth-order valence-electron chi connectivity index (χ4n) is 2.21. The van der Waals surface area contributed by atoms with Gasteiger partial charge in [0.15, 0.2) is 23.2 Å². The van der Waals surface area contributed by atoms with Crippen molar-refractivity contribution < 1.29 is 18.3 Å². The molecular formula is C14H10F3N3O. The largest absolute Gasteiger partial charge is 0.365 e. The van der Waals surface area contributed by atoms with Gasteiger partial charge >= 0.3 is 0 Å². The van der Waals surface area contributed by atoms with Crippen LogP contribution in [0.4, 0.5) is 13.2 Å². The molecule has 0 saturated heterocycles. The molecule has 1 aromatic carbocycles. The van der Waals surface area contributed by atoms with Crippen LogP contribution in [0.5, 0.6) is 0 Å². The van der Waals surface area contributed by atoms with Gasteiger partial charge in [-0.15, -0.1) is 0 Å². The number of hydrogen-bond donors (Lipinski definition) is 1. The van der Waals surface area contributed by atoms with E-state index >= 15 is 0 Å². The number of benzene rings is 1. The highest BCUT2D eigenvalue weighted by Gasteiger charge is 2.33. The Morgan fingerprint density at radius 1 is 1.14 bits per heavy atom. The molecule has 0 aliphatic rings. The van der Waals surface area contributed by atoms with Crippen LogP contribution in [0.2, 0.25) is 0 Å². The molecule has 2 heterocycles. The van der Waals surface area contributed by atoms with Gasteiger partial charge in [-0.3, -0.25) is 4.98 Å². The van der Waals surface area contributed by atoms with E-state index in [1.807, 2.05) is 0 Å². The highest BCUT2D eigenvalue weighted by Crippen LogP contribution is 2.29. The predicted octanol–water partition coefficient (Wildman–Crippen LogP) is 2.56. The summed E-state index contributed by atoms with van der Waals surface area (Å²) in [7, 11) is 0. The summed E-state index contributed by atoms with van der Waals surface area (Å²) in [6.45, 7) is 1.24. The van der Waals surface area contributed by atoms with Crippen molar-refractivity contribution in [2.75, 3.05) is 0 Å². The summed E-state index contributed by atoms with van der Waals surface area (Å²) in [5.74, 6) is -4.41. The third kappa shape index (κ3) is 1.97. The summed E-state index contributed by atoms with van der Waals surface area (Å²) >= 11 is 0. The molecule has 3 rings (SSSR count). The van der Waals surface area contributed by atoms with Gasteiger partial charge in [-0.2, -0.15) is 5.10 Å². The zero-order chi connectivity index (χ0) is 15.2. The Balaban J connectivity index is 2.23. The van der Waals surface area contributed by atoms with Crippen molar-refractivity contribution >= 4 is 11.0 Å². The second-order valence-corrected chi connectivity index (χ2v) is 4.71. The van der Waals surface area contributed by atoms with Gasteiger partial charge in [-0.1, -0.05) is 0 Å². The van der Waals surface area contributed by atoms with Gasteiger partial charge < -0.3 is 5.11 Å². The number of halogens is 3. The number of aliphatic hydroxyl groups is 1. The average molecular weight is 293 g/mol. The zero-order valence-corrected chi connectivity index (χ0v) is 10.9. The van der Waals surface area contributed by atoms with E-state index in [2.05, 4.69) is 10.1 Å². The molecule has 0 saturated carbocycles. The molecule has 7 heteroatoms. The Morgan fingerprint density at radius 3 is 2.67 bits per heavy atom. The standard InChI is InChI=1S/C14H10F3N3O/c1-14(21,8-4-5-9(15)13(17)12(8)16)20-11-3-2-6-18-10(11)7-19-20/h2-7,21H,1H3. The van der Waals surface area contributed by atoms with E-state index < -0.39 is 28.7 Å². The van der Waals surface area contributed by atoms with E-state index in [-0.39, 0.29) is 0 Å². The van der Waals surface area contributed by atoms with E-state index in [9.17, 15) is 18.3 Å². The Labute approximate surface area is 117 Å². The molecule has 1 N–H and O–H groups in total. The van der Waals surface area contributed by atoms with Crippen molar-refractivity contribution in [1.29, 1.82) is 0 Å². The molecule has 0 aliphatic carbocycles. The lowest BCUT2D eigenvalue weighted by Crippen LogP contribution is -2.33. The van der Waals surface area contributed by atoms with Crippen LogP contribution in [0.15, 0.2) is 36.7 Å². The minimum absolute atomic E-state index is 0.421. The van der Waals surface area contributed by atoms with E-state index in [4.69, 9.17) is 0 Å². The van der Waals surface area contributed by atoms with Crippen molar-refractivity contribution in [3.05, 3.63) is 59.7 Å². The fourth-order valence-corrected chi connectivity index (χ4v) is 2.21. The second-order valence-electron chi connectivity index (χ2n) is 4.71. The Hall–Kier alpha value is -2.41. The molecular weight excluding hydrogens is 283 g/mol. The lowest BCUT2D eigenvalue weighted by molar-refractivity contribution is 0.0132. The van der Waals surface area contributed by atoms with E-state index in [1.54, 1.807) is 18.3 Å². The minimum atomic E-state index is -2.00. The van der Waals surface area contributed by atoms with Gasteiger partial charge in [-0.25, -0.2) is 17.9 Å². The van der Waals surface area contributed by atoms with Crippen molar-refractivity contribution in [3.8, 4) is 0 Å². The van der Waals surface area contributed by atoms with Gasteiger partial charge in [0.25, 0.3) is 0 Å². The first-order valence-corrected chi connectivity index (χ1v) is 6.08. The number of hydrogen-bond acceptors (Lipinski definition) is 3. The first kappa shape index (κ1) is 13.6. The second kappa shape index (κ2) is 4.56. The number of rotatable bonds is 2. The first-order chi connectivity index (χ1) is 9.93. The molecule has 0 amide bonds. The fraction of sp³-hybridized carbons (Fsp3) is 0.143. The molecule has 4 nitrogen and oxygen atoms in total. The zero-order valence-electron chi connectivity index (χ0n) is 10.9. The summed E-state index contributed by atoms with van der Waals surface area (Å²) < 4.78 is 41.4. The van der Waals surface area contributed by atoms with Crippen LogP contribution in [0.3, 0.4) is 0 Å². The normalized spacial score (nSPS) is 14.3. The van der Waals surface area contributed by atoms with E-state index in [0.717, 1.165) is 16.8 Å². The van der Waals surface area contributed by atoms with E-state index in [0.29, 0.717) is 11.0 Å². The maximum absolute atomic E-state index is 13.9. The summed E-state index contributed by atoms with van der Waals surface area (Å²) in [5, 5.41) is 14.5. The van der Waals surface area contributed by atoms with Gasteiger partial charge in [0, 0.05) is 11.8 Å². The van der Waals surface area contributed by atoms with Gasteiger partial charge in [0.1, 0.15) is 5.52 Å². The molecule has 1 unspecified atom stereocenters. The summed E-state index contributed by atoms with van der Waals surface area (Å²) in [6, 6.07) is 4.99. The molecule has 2 aromatic heterocycles. The molecule has 3 aromatic rings. The molecule has 0 aliphatic heterocycles. The summed E-state index contributed by atoms with van der Waals surface area (Å²) in [5.41, 5.74) is -1.49. The average Bonchev–Trinajstić information content (AvgIpc) is 2.89. The van der Waals surface area contributed by atoms with Crippen LogP contribution in [0, 0.1) is 17.5 Å². The topological polar surface area (TPSA) is 50.9 Å². The van der Waals surface area contributed by atoms with Crippen molar-refractivity contribution in [3.63, 3.8) is 0 Å². The first-order valence-electron chi connectivity index (χ1n) is 6.08. The van der Waals surface area contributed by atoms with Crippen LogP contribution < -0.4 is 0 Å². The molecule has 0 bridgehead atoms. The molecule has 108 valence electrons. The van der Waals surface area contributed by atoms with Crippen LogP contribution in [0.1, 0.15) is 12.5 Å². The van der Waals surface area contributed by atoms with Crippen LogP contribution in [-0.4, -0.2) is 19.9 Å². The highest BCUT2D eigenvalue weighted by molar-refractivity contribution is 5.74. The lowest BCUT2D eigenvalue weighted by Gasteiger charge is -2.25. The maximum atomic E-state index is 13.9. The number of fused-ring (bicyclic) bond motifs is 1. The predicted molar refractivity (Wildman–Crippen MR) is 68.8 cm³/mol. The molecule has 0 fully saturated rings. The molecule has 0 spiro atoms. The Kier molecular flexibility index (Phi) is 2.94. The Bertz CT molecular complexity index is 829. The van der Waals surface area contributed by atoms with Crippen LogP contribution in [0.25, 0.3) is 11.0 Å². The van der Waals surface area contributed by atoms with Gasteiger partial charge in [-0.05, 0) is 31.2 Å². The van der Waals surface area contributed by atoms with Crippen LogP contribution in [-0.2, 0) is 5.72 Å². The monoisotopic (exact) mass is 293 g/mol. The van der Waals surface area contributed by atoms with Gasteiger partial charge in [0.2, 0.25) is 0 Å².